The Balaban J connectivity index is 1.51. The molecule has 1 aliphatic heterocycles. The number of hydrogen-bond acceptors (Lipinski definition) is 6. The topological polar surface area (TPSA) is 55.4 Å². The number of hydrogen-bond donors (Lipinski definition) is 0. The van der Waals surface area contributed by atoms with Gasteiger partial charge in [-0.1, -0.05) is 41.5 Å². The van der Waals surface area contributed by atoms with Crippen LogP contribution in [0, 0.1) is 22.7 Å². The van der Waals surface area contributed by atoms with Gasteiger partial charge in [0.05, 0.1) is 77.3 Å². The molecule has 1 saturated heterocycles. The van der Waals surface area contributed by atoms with E-state index in [2.05, 4.69) is 41.5 Å². The molecule has 3 aliphatic rings. The van der Waals surface area contributed by atoms with Crippen LogP contribution in [0.5, 0.6) is 0 Å². The smallest absolute Gasteiger partial charge is 0.0840 e. The lowest BCUT2D eigenvalue weighted by molar-refractivity contribution is -0.142. The second-order valence-electron chi connectivity index (χ2n) is 12.6. The monoisotopic (exact) mass is 484 g/mol. The van der Waals surface area contributed by atoms with Gasteiger partial charge in [-0.05, 0) is 61.2 Å². The van der Waals surface area contributed by atoms with Crippen molar-refractivity contribution in [2.45, 2.75) is 104 Å². The highest BCUT2D eigenvalue weighted by atomic mass is 16.6. The van der Waals surface area contributed by atoms with Gasteiger partial charge in [0, 0.05) is 0 Å². The highest BCUT2D eigenvalue weighted by molar-refractivity contribution is 4.88. The third-order valence-corrected chi connectivity index (χ3v) is 8.15. The van der Waals surface area contributed by atoms with E-state index in [0.29, 0.717) is 75.5 Å². The molecule has 0 radical (unpaired) electrons. The summed E-state index contributed by atoms with van der Waals surface area (Å²) in [5, 5.41) is 0. The zero-order valence-electron chi connectivity index (χ0n) is 22.8. The maximum atomic E-state index is 6.29. The Kier molecular flexibility index (Phi) is 11.1. The van der Waals surface area contributed by atoms with Crippen LogP contribution in [0.2, 0.25) is 0 Å². The molecule has 2 saturated carbocycles. The molecular weight excluding hydrogens is 432 g/mol. The van der Waals surface area contributed by atoms with Crippen molar-refractivity contribution < 1.29 is 28.4 Å². The van der Waals surface area contributed by atoms with E-state index in [1.54, 1.807) is 0 Å². The lowest BCUT2D eigenvalue weighted by Crippen LogP contribution is -2.43. The molecular formula is C28H52O6. The molecule has 0 aromatic heterocycles. The van der Waals surface area contributed by atoms with Crippen LogP contribution in [-0.2, 0) is 28.4 Å². The third kappa shape index (κ3) is 9.01. The van der Waals surface area contributed by atoms with Crippen molar-refractivity contribution in [3.63, 3.8) is 0 Å². The first kappa shape index (κ1) is 28.3. The number of ether oxygens (including phenoxy) is 6. The molecule has 0 bridgehead atoms. The van der Waals surface area contributed by atoms with Crippen LogP contribution in [0.15, 0.2) is 0 Å². The van der Waals surface area contributed by atoms with E-state index in [9.17, 15) is 0 Å². The van der Waals surface area contributed by atoms with Crippen molar-refractivity contribution in [1.82, 2.24) is 0 Å². The van der Waals surface area contributed by atoms with Gasteiger partial charge in [0.2, 0.25) is 0 Å². The van der Waals surface area contributed by atoms with Gasteiger partial charge in [-0.25, -0.2) is 0 Å². The van der Waals surface area contributed by atoms with Crippen molar-refractivity contribution in [2.75, 3.05) is 52.9 Å². The van der Waals surface area contributed by atoms with E-state index < -0.39 is 0 Å². The first-order chi connectivity index (χ1) is 16.1. The summed E-state index contributed by atoms with van der Waals surface area (Å²) in [5.41, 5.74) is 0.586. The van der Waals surface area contributed by atoms with Crippen LogP contribution in [0.25, 0.3) is 0 Å². The van der Waals surface area contributed by atoms with Crippen molar-refractivity contribution in [3.8, 4) is 0 Å². The van der Waals surface area contributed by atoms with Crippen molar-refractivity contribution >= 4 is 0 Å². The number of fused-ring (bicyclic) bond motifs is 2. The molecule has 1 heterocycles. The van der Waals surface area contributed by atoms with E-state index in [1.807, 2.05) is 0 Å². The average molecular weight is 485 g/mol. The third-order valence-electron chi connectivity index (χ3n) is 8.15. The minimum Gasteiger partial charge on any atom is -0.377 e. The average Bonchev–Trinajstić information content (AvgIpc) is 2.77. The lowest BCUT2D eigenvalue weighted by Gasteiger charge is -2.41. The first-order valence-corrected chi connectivity index (χ1v) is 13.8. The lowest BCUT2D eigenvalue weighted by atomic mass is 9.71. The standard InChI is InChI=1S/C28H52O6/c1-27(2,3)21-7-9-23-25(19-21)33-17-13-29-12-16-32-24-10-8-22(28(4,5)6)20-26(24)34-18-14-30-11-15-31-23/h21-26H,7-20H2,1-6H3/t21?,22?,23-,24-,25+,26+/m0/s1. The van der Waals surface area contributed by atoms with Gasteiger partial charge in [-0.3, -0.25) is 0 Å². The van der Waals surface area contributed by atoms with Crippen molar-refractivity contribution in [3.05, 3.63) is 0 Å². The molecule has 3 rings (SSSR count). The van der Waals surface area contributed by atoms with Gasteiger partial charge in [0.15, 0.2) is 0 Å². The molecule has 3 fully saturated rings. The summed E-state index contributed by atoms with van der Waals surface area (Å²) in [6, 6.07) is 0. The van der Waals surface area contributed by atoms with E-state index in [0.717, 1.165) is 25.7 Å². The summed E-state index contributed by atoms with van der Waals surface area (Å²) >= 11 is 0. The van der Waals surface area contributed by atoms with Crippen LogP contribution in [0.3, 0.4) is 0 Å². The van der Waals surface area contributed by atoms with Gasteiger partial charge in [0.25, 0.3) is 0 Å². The predicted octanol–water partition coefficient (Wildman–Crippen LogP) is 5.27. The molecule has 0 amide bonds. The number of rotatable bonds is 0. The Morgan fingerprint density at radius 1 is 0.412 bits per heavy atom. The summed E-state index contributed by atoms with van der Waals surface area (Å²) in [4.78, 5) is 0. The molecule has 6 heteroatoms. The molecule has 2 unspecified atom stereocenters. The van der Waals surface area contributed by atoms with Crippen molar-refractivity contribution in [1.29, 1.82) is 0 Å². The zero-order chi connectivity index (χ0) is 24.6. The summed E-state index contributed by atoms with van der Waals surface area (Å²) in [6.07, 6.45) is 7.08. The summed E-state index contributed by atoms with van der Waals surface area (Å²) in [7, 11) is 0. The van der Waals surface area contributed by atoms with Gasteiger partial charge >= 0.3 is 0 Å². The fourth-order valence-electron chi connectivity index (χ4n) is 5.75. The molecule has 0 aromatic rings. The van der Waals surface area contributed by atoms with E-state index in [-0.39, 0.29) is 24.4 Å². The van der Waals surface area contributed by atoms with E-state index in [4.69, 9.17) is 28.4 Å². The first-order valence-electron chi connectivity index (χ1n) is 13.8. The Hall–Kier alpha value is -0.240. The largest absolute Gasteiger partial charge is 0.377 e. The second kappa shape index (κ2) is 13.3. The highest BCUT2D eigenvalue weighted by Gasteiger charge is 2.38. The maximum absolute atomic E-state index is 6.29. The molecule has 0 N–H and O–H groups in total. The van der Waals surface area contributed by atoms with Crippen LogP contribution in [0.4, 0.5) is 0 Å². The molecule has 2 aliphatic carbocycles. The SMILES string of the molecule is CC(C)(C)C1CC[C@@H]2OCCOCCO[C@@H]3CC(C(C)(C)C)CC[C@@H]3OCCOCCO[C@@H]2C1. The Morgan fingerprint density at radius 3 is 1.06 bits per heavy atom. The molecule has 6 atom stereocenters. The summed E-state index contributed by atoms with van der Waals surface area (Å²) in [5.74, 6) is 1.30. The van der Waals surface area contributed by atoms with Gasteiger partial charge in [-0.2, -0.15) is 0 Å². The fourth-order valence-corrected chi connectivity index (χ4v) is 5.75. The summed E-state index contributed by atoms with van der Waals surface area (Å²) < 4.78 is 36.8. The van der Waals surface area contributed by atoms with Crippen LogP contribution >= 0.6 is 0 Å². The van der Waals surface area contributed by atoms with Gasteiger partial charge in [-0.15, -0.1) is 0 Å². The fraction of sp³-hybridized carbons (Fsp3) is 1.00. The van der Waals surface area contributed by atoms with Crippen molar-refractivity contribution in [2.24, 2.45) is 22.7 Å². The zero-order valence-corrected chi connectivity index (χ0v) is 22.8. The van der Waals surface area contributed by atoms with Gasteiger partial charge in [0.1, 0.15) is 0 Å². The molecule has 6 nitrogen and oxygen atoms in total. The quantitative estimate of drug-likeness (QED) is 0.467. The Bertz CT molecular complexity index is 518. The van der Waals surface area contributed by atoms with E-state index in [1.165, 1.54) is 12.8 Å². The Morgan fingerprint density at radius 2 is 0.735 bits per heavy atom. The van der Waals surface area contributed by atoms with Crippen LogP contribution < -0.4 is 0 Å². The Labute approximate surface area is 208 Å². The summed E-state index contributed by atoms with van der Waals surface area (Å²) in [6.45, 7) is 18.8. The second-order valence-corrected chi connectivity index (χ2v) is 12.6. The predicted molar refractivity (Wildman–Crippen MR) is 134 cm³/mol. The maximum Gasteiger partial charge on any atom is 0.0840 e. The van der Waals surface area contributed by atoms with Crippen LogP contribution in [0.1, 0.15) is 80.1 Å². The van der Waals surface area contributed by atoms with Gasteiger partial charge < -0.3 is 28.4 Å². The normalized spacial score (nSPS) is 36.5. The highest BCUT2D eigenvalue weighted by Crippen LogP contribution is 2.41. The molecule has 0 spiro atoms. The minimum absolute atomic E-state index is 0.124. The molecule has 34 heavy (non-hydrogen) atoms. The molecule has 0 aromatic carbocycles. The van der Waals surface area contributed by atoms with E-state index >= 15 is 0 Å². The molecule has 200 valence electrons. The minimum atomic E-state index is 0.124. The van der Waals surface area contributed by atoms with Crippen LogP contribution in [-0.4, -0.2) is 77.3 Å².